The lowest BCUT2D eigenvalue weighted by atomic mass is 10.1. The van der Waals surface area contributed by atoms with Gasteiger partial charge in [-0.1, -0.05) is 0 Å². The summed E-state index contributed by atoms with van der Waals surface area (Å²) in [5.74, 6) is 2.58. The molecule has 3 rings (SSSR count). The van der Waals surface area contributed by atoms with Gasteiger partial charge in [0.25, 0.3) is 0 Å². The van der Waals surface area contributed by atoms with E-state index in [0.717, 1.165) is 0 Å². The molecule has 2 N–H and O–H groups in total. The first-order valence-corrected chi connectivity index (χ1v) is 7.44. The number of fused-ring (bicyclic) bond motifs is 1. The van der Waals surface area contributed by atoms with E-state index in [0.29, 0.717) is 34.4 Å². The second-order valence-electron chi connectivity index (χ2n) is 5.28. The minimum atomic E-state index is -0.742. The summed E-state index contributed by atoms with van der Waals surface area (Å²) in [6.45, 7) is 2.12. The molecule has 8 nitrogen and oxygen atoms in total. The van der Waals surface area contributed by atoms with Crippen LogP contribution in [0.3, 0.4) is 0 Å². The van der Waals surface area contributed by atoms with Crippen LogP contribution in [0.4, 0.5) is 5.82 Å². The molecule has 1 unspecified atom stereocenters. The van der Waals surface area contributed by atoms with E-state index < -0.39 is 6.10 Å². The van der Waals surface area contributed by atoms with Gasteiger partial charge in [0.15, 0.2) is 11.5 Å². The molecule has 0 aliphatic rings. The number of anilines is 1. The molecule has 126 valence electrons. The Morgan fingerprint density at radius 1 is 1.12 bits per heavy atom. The molecular formula is C16H19N5O3. The summed E-state index contributed by atoms with van der Waals surface area (Å²) < 4.78 is 12.1. The van der Waals surface area contributed by atoms with E-state index in [2.05, 4.69) is 20.6 Å². The molecule has 0 saturated carbocycles. The zero-order chi connectivity index (χ0) is 17.1. The largest absolute Gasteiger partial charge is 0.497 e. The average Bonchev–Trinajstić information content (AvgIpc) is 2.99. The van der Waals surface area contributed by atoms with Crippen LogP contribution in [0, 0.1) is 6.92 Å². The molecule has 0 spiro atoms. The van der Waals surface area contributed by atoms with E-state index in [9.17, 15) is 5.11 Å². The number of hydrogen-bond acceptors (Lipinski definition) is 7. The number of aromatic nitrogens is 4. The SMILES string of the molecule is COc1cc(OC)cc(C(O)CNc2ccc3nnc(C)n3n2)c1. The Kier molecular flexibility index (Phi) is 4.48. The fourth-order valence-corrected chi connectivity index (χ4v) is 2.33. The van der Waals surface area contributed by atoms with Gasteiger partial charge in [0.05, 0.1) is 20.3 Å². The summed E-state index contributed by atoms with van der Waals surface area (Å²) in [6.07, 6.45) is -0.742. The number of hydrogen-bond donors (Lipinski definition) is 2. The Morgan fingerprint density at radius 2 is 1.83 bits per heavy atom. The molecule has 0 aliphatic heterocycles. The Hall–Kier alpha value is -2.87. The summed E-state index contributed by atoms with van der Waals surface area (Å²) in [5, 5.41) is 25.9. The van der Waals surface area contributed by atoms with Crippen molar-refractivity contribution >= 4 is 11.5 Å². The zero-order valence-electron chi connectivity index (χ0n) is 13.7. The molecule has 1 aromatic carbocycles. The molecule has 24 heavy (non-hydrogen) atoms. The predicted octanol–water partition coefficient (Wildman–Crippen LogP) is 1.60. The molecule has 0 amide bonds. The van der Waals surface area contributed by atoms with E-state index >= 15 is 0 Å². The van der Waals surface area contributed by atoms with Crippen molar-refractivity contribution in [3.8, 4) is 11.5 Å². The van der Waals surface area contributed by atoms with Crippen LogP contribution in [-0.4, -0.2) is 45.7 Å². The van der Waals surface area contributed by atoms with Crippen LogP contribution in [0.5, 0.6) is 11.5 Å². The molecule has 0 saturated heterocycles. The summed E-state index contributed by atoms with van der Waals surface area (Å²) >= 11 is 0. The number of aliphatic hydroxyl groups excluding tert-OH is 1. The Bertz CT molecular complexity index is 827. The molecule has 0 radical (unpaired) electrons. The highest BCUT2D eigenvalue weighted by molar-refractivity contribution is 5.44. The van der Waals surface area contributed by atoms with Crippen molar-refractivity contribution in [3.05, 3.63) is 41.7 Å². The maximum Gasteiger partial charge on any atom is 0.178 e. The number of nitrogens with zero attached hydrogens (tertiary/aromatic N) is 4. The van der Waals surface area contributed by atoms with Crippen LogP contribution < -0.4 is 14.8 Å². The highest BCUT2D eigenvalue weighted by atomic mass is 16.5. The van der Waals surface area contributed by atoms with E-state index in [-0.39, 0.29) is 6.54 Å². The Balaban J connectivity index is 1.74. The third-order valence-electron chi connectivity index (χ3n) is 3.65. The molecule has 0 fully saturated rings. The lowest BCUT2D eigenvalue weighted by molar-refractivity contribution is 0.190. The predicted molar refractivity (Wildman–Crippen MR) is 88.5 cm³/mol. The molecule has 3 aromatic rings. The molecular weight excluding hydrogens is 310 g/mol. The Labute approximate surface area is 139 Å². The summed E-state index contributed by atoms with van der Waals surface area (Å²) in [4.78, 5) is 0. The van der Waals surface area contributed by atoms with Crippen LogP contribution >= 0.6 is 0 Å². The molecule has 2 aromatic heterocycles. The van der Waals surface area contributed by atoms with Crippen LogP contribution in [0.1, 0.15) is 17.5 Å². The van der Waals surface area contributed by atoms with Gasteiger partial charge >= 0.3 is 0 Å². The van der Waals surface area contributed by atoms with Gasteiger partial charge in [-0.25, -0.2) is 0 Å². The van der Waals surface area contributed by atoms with Gasteiger partial charge in [-0.3, -0.25) is 0 Å². The summed E-state index contributed by atoms with van der Waals surface area (Å²) in [7, 11) is 3.15. The maximum absolute atomic E-state index is 10.4. The first kappa shape index (κ1) is 16.0. The highest BCUT2D eigenvalue weighted by Crippen LogP contribution is 2.26. The molecule has 0 aliphatic carbocycles. The molecule has 8 heteroatoms. The number of aliphatic hydroxyl groups is 1. The minimum Gasteiger partial charge on any atom is -0.497 e. The van der Waals surface area contributed by atoms with Gasteiger partial charge in [0, 0.05) is 12.6 Å². The van der Waals surface area contributed by atoms with Crippen molar-refractivity contribution in [2.45, 2.75) is 13.0 Å². The normalized spacial score (nSPS) is 12.2. The lowest BCUT2D eigenvalue weighted by Crippen LogP contribution is -2.14. The monoisotopic (exact) mass is 329 g/mol. The van der Waals surface area contributed by atoms with E-state index in [4.69, 9.17) is 9.47 Å². The van der Waals surface area contributed by atoms with Crippen molar-refractivity contribution in [3.63, 3.8) is 0 Å². The molecule has 0 bridgehead atoms. The van der Waals surface area contributed by atoms with Crippen molar-refractivity contribution in [1.29, 1.82) is 0 Å². The summed E-state index contributed by atoms with van der Waals surface area (Å²) in [5.41, 5.74) is 1.37. The van der Waals surface area contributed by atoms with Crippen molar-refractivity contribution in [2.24, 2.45) is 0 Å². The smallest absolute Gasteiger partial charge is 0.178 e. The zero-order valence-corrected chi connectivity index (χ0v) is 13.7. The first-order valence-electron chi connectivity index (χ1n) is 7.44. The molecule has 1 atom stereocenters. The number of ether oxygens (including phenoxy) is 2. The number of nitrogens with one attached hydrogen (secondary N) is 1. The van der Waals surface area contributed by atoms with E-state index in [1.54, 1.807) is 43.0 Å². The van der Waals surface area contributed by atoms with Crippen molar-refractivity contribution in [2.75, 3.05) is 26.1 Å². The van der Waals surface area contributed by atoms with Gasteiger partial charge in [0.1, 0.15) is 17.3 Å². The third-order valence-corrected chi connectivity index (χ3v) is 3.65. The van der Waals surface area contributed by atoms with Crippen LogP contribution in [0.15, 0.2) is 30.3 Å². The van der Waals surface area contributed by atoms with Gasteiger partial charge < -0.3 is 19.9 Å². The topological polar surface area (TPSA) is 93.8 Å². The van der Waals surface area contributed by atoms with Gasteiger partial charge in [0.2, 0.25) is 0 Å². The lowest BCUT2D eigenvalue weighted by Gasteiger charge is -2.15. The highest BCUT2D eigenvalue weighted by Gasteiger charge is 2.12. The first-order chi connectivity index (χ1) is 11.6. The number of aryl methyl sites for hydroxylation is 1. The van der Waals surface area contributed by atoms with Gasteiger partial charge in [-0.15, -0.1) is 15.3 Å². The van der Waals surface area contributed by atoms with E-state index in [1.165, 1.54) is 0 Å². The Morgan fingerprint density at radius 3 is 2.50 bits per heavy atom. The van der Waals surface area contributed by atoms with Crippen LogP contribution in [0.25, 0.3) is 5.65 Å². The fourth-order valence-electron chi connectivity index (χ4n) is 2.33. The minimum absolute atomic E-state index is 0.288. The summed E-state index contributed by atoms with van der Waals surface area (Å²) in [6, 6.07) is 8.91. The number of methoxy groups -OCH3 is 2. The fraction of sp³-hybridized carbons (Fsp3) is 0.312. The second kappa shape index (κ2) is 6.71. The van der Waals surface area contributed by atoms with Crippen molar-refractivity contribution < 1.29 is 14.6 Å². The van der Waals surface area contributed by atoms with Crippen LogP contribution in [-0.2, 0) is 0 Å². The van der Waals surface area contributed by atoms with Crippen LogP contribution in [0.2, 0.25) is 0 Å². The maximum atomic E-state index is 10.4. The van der Waals surface area contributed by atoms with Crippen molar-refractivity contribution in [1.82, 2.24) is 19.8 Å². The van der Waals surface area contributed by atoms with E-state index in [1.807, 2.05) is 13.0 Å². The standard InChI is InChI=1S/C16H19N5O3/c1-10-18-19-16-5-4-15(20-21(10)16)17-9-14(22)11-6-12(23-2)8-13(7-11)24-3/h4-8,14,22H,9H2,1-3H3,(H,17,20). The third kappa shape index (κ3) is 3.23. The van der Waals surface area contributed by atoms with Gasteiger partial charge in [-0.2, -0.15) is 4.52 Å². The van der Waals surface area contributed by atoms with Gasteiger partial charge in [-0.05, 0) is 36.8 Å². The molecule has 2 heterocycles. The second-order valence-corrected chi connectivity index (χ2v) is 5.28. The quantitative estimate of drug-likeness (QED) is 0.709. The average molecular weight is 329 g/mol. The number of benzene rings is 1. The number of rotatable bonds is 6.